The molecule has 2 aromatic carbocycles. The molecule has 23 heavy (non-hydrogen) atoms. The quantitative estimate of drug-likeness (QED) is 0.735. The lowest BCUT2D eigenvalue weighted by Gasteiger charge is -2.09. The summed E-state index contributed by atoms with van der Waals surface area (Å²) in [5, 5.41) is 7.82. The maximum atomic E-state index is 12.7. The first-order valence-corrected chi connectivity index (χ1v) is 8.40. The first kappa shape index (κ1) is 15.2. The molecule has 0 fully saturated rings. The molecule has 6 nitrogen and oxygen atoms in total. The van der Waals surface area contributed by atoms with Crippen LogP contribution in [-0.4, -0.2) is 30.5 Å². The topological polar surface area (TPSA) is 74.1 Å². The normalized spacial score (nSPS) is 11.4. The second-order valence-corrected chi connectivity index (χ2v) is 6.75. The number of benzene rings is 2. The van der Waals surface area contributed by atoms with Crippen LogP contribution in [0.4, 0.5) is 0 Å². The van der Waals surface area contributed by atoms with E-state index in [1.165, 1.54) is 16.8 Å². The molecular formula is C16H15N3O3S. The van der Waals surface area contributed by atoms with Gasteiger partial charge in [0, 0.05) is 0 Å². The van der Waals surface area contributed by atoms with Crippen molar-refractivity contribution in [2.45, 2.75) is 16.8 Å². The summed E-state index contributed by atoms with van der Waals surface area (Å²) in [5.74, 6) is 0.587. The lowest BCUT2D eigenvalue weighted by atomic mass is 10.3. The number of hydrogen-bond acceptors (Lipinski definition) is 5. The highest BCUT2D eigenvalue weighted by atomic mass is 32.2. The van der Waals surface area contributed by atoms with Gasteiger partial charge in [0.05, 0.1) is 17.7 Å². The van der Waals surface area contributed by atoms with E-state index in [0.29, 0.717) is 17.1 Å². The number of ether oxygens (including phenoxy) is 1. The maximum absolute atomic E-state index is 12.7. The van der Waals surface area contributed by atoms with Gasteiger partial charge in [-0.25, -0.2) is 13.1 Å². The third-order valence-electron chi connectivity index (χ3n) is 3.47. The Hall–Kier alpha value is -2.67. The molecule has 0 bridgehead atoms. The van der Waals surface area contributed by atoms with Crippen molar-refractivity contribution in [2.24, 2.45) is 0 Å². The van der Waals surface area contributed by atoms with Gasteiger partial charge in [-0.05, 0) is 31.2 Å². The fourth-order valence-electron chi connectivity index (χ4n) is 2.31. The highest BCUT2D eigenvalue weighted by Gasteiger charge is 2.26. The van der Waals surface area contributed by atoms with Crippen LogP contribution in [-0.2, 0) is 9.84 Å². The minimum Gasteiger partial charge on any atom is -0.494 e. The maximum Gasteiger partial charge on any atom is 0.227 e. The van der Waals surface area contributed by atoms with Crippen LogP contribution in [0, 0.1) is 6.92 Å². The van der Waals surface area contributed by atoms with Gasteiger partial charge in [-0.15, -0.1) is 5.10 Å². The number of para-hydroxylation sites is 2. The van der Waals surface area contributed by atoms with Gasteiger partial charge < -0.3 is 4.74 Å². The summed E-state index contributed by atoms with van der Waals surface area (Å²) >= 11 is 0. The summed E-state index contributed by atoms with van der Waals surface area (Å²) in [7, 11) is -2.16. The van der Waals surface area contributed by atoms with Gasteiger partial charge in [-0.2, -0.15) is 0 Å². The van der Waals surface area contributed by atoms with E-state index in [0.717, 1.165) is 0 Å². The van der Waals surface area contributed by atoms with Crippen LogP contribution < -0.4 is 4.74 Å². The van der Waals surface area contributed by atoms with Crippen molar-refractivity contribution in [1.29, 1.82) is 0 Å². The molecule has 0 amide bonds. The molecule has 7 heteroatoms. The smallest absolute Gasteiger partial charge is 0.227 e. The molecule has 1 heterocycles. The number of nitrogens with zero attached hydrogens (tertiary/aromatic N) is 3. The van der Waals surface area contributed by atoms with Crippen LogP contribution in [0.1, 0.15) is 5.69 Å². The predicted octanol–water partition coefficient (Wildman–Crippen LogP) is 2.42. The van der Waals surface area contributed by atoms with Gasteiger partial charge in [-0.3, -0.25) is 0 Å². The van der Waals surface area contributed by atoms with E-state index in [1.807, 2.05) is 12.1 Å². The minimum atomic E-state index is -3.71. The lowest BCUT2D eigenvalue weighted by Crippen LogP contribution is -2.06. The second-order valence-electron chi connectivity index (χ2n) is 4.88. The Balaban J connectivity index is 2.14. The zero-order valence-electron chi connectivity index (χ0n) is 12.7. The summed E-state index contributed by atoms with van der Waals surface area (Å²) in [5.41, 5.74) is 1.06. The van der Waals surface area contributed by atoms with Crippen molar-refractivity contribution in [3.8, 4) is 11.4 Å². The Morgan fingerprint density at radius 3 is 2.35 bits per heavy atom. The average Bonchev–Trinajstić information content (AvgIpc) is 2.97. The van der Waals surface area contributed by atoms with Crippen LogP contribution in [0.15, 0.2) is 64.5 Å². The molecule has 0 atom stereocenters. The van der Waals surface area contributed by atoms with E-state index in [4.69, 9.17) is 4.74 Å². The van der Waals surface area contributed by atoms with Crippen LogP contribution >= 0.6 is 0 Å². The summed E-state index contributed by atoms with van der Waals surface area (Å²) in [6.45, 7) is 1.67. The first-order chi connectivity index (χ1) is 11.1. The molecule has 1 aromatic heterocycles. The van der Waals surface area contributed by atoms with Crippen molar-refractivity contribution >= 4 is 9.84 Å². The van der Waals surface area contributed by atoms with Crippen molar-refractivity contribution < 1.29 is 13.2 Å². The fraction of sp³-hybridized carbons (Fsp3) is 0.125. The van der Waals surface area contributed by atoms with E-state index >= 15 is 0 Å². The zero-order valence-corrected chi connectivity index (χ0v) is 13.5. The zero-order chi connectivity index (χ0) is 16.4. The first-order valence-electron chi connectivity index (χ1n) is 6.91. The Morgan fingerprint density at radius 2 is 1.65 bits per heavy atom. The van der Waals surface area contributed by atoms with E-state index in [1.54, 1.807) is 44.4 Å². The molecule has 0 unspecified atom stereocenters. The Labute approximate surface area is 134 Å². The van der Waals surface area contributed by atoms with Crippen molar-refractivity contribution in [3.05, 3.63) is 60.3 Å². The number of aromatic nitrogens is 3. The third kappa shape index (κ3) is 2.59. The Morgan fingerprint density at radius 1 is 1.00 bits per heavy atom. The highest BCUT2D eigenvalue weighted by Crippen LogP contribution is 2.26. The van der Waals surface area contributed by atoms with E-state index < -0.39 is 9.84 Å². The number of methoxy groups -OCH3 is 1. The van der Waals surface area contributed by atoms with Gasteiger partial charge >= 0.3 is 0 Å². The molecule has 0 radical (unpaired) electrons. The van der Waals surface area contributed by atoms with Crippen molar-refractivity contribution in [3.63, 3.8) is 0 Å². The van der Waals surface area contributed by atoms with Gasteiger partial charge in [0.15, 0.2) is 0 Å². The Kier molecular flexibility index (Phi) is 3.87. The summed E-state index contributed by atoms with van der Waals surface area (Å²) < 4.78 is 32.2. The number of rotatable bonds is 4. The molecule has 3 rings (SSSR count). The average molecular weight is 329 g/mol. The van der Waals surface area contributed by atoms with Crippen molar-refractivity contribution in [1.82, 2.24) is 15.0 Å². The number of hydrogen-bond donors (Lipinski definition) is 0. The summed E-state index contributed by atoms with van der Waals surface area (Å²) in [6, 6.07) is 15.4. The lowest BCUT2D eigenvalue weighted by molar-refractivity contribution is 0.411. The van der Waals surface area contributed by atoms with E-state index in [-0.39, 0.29) is 9.92 Å². The molecule has 0 N–H and O–H groups in total. The molecule has 0 saturated carbocycles. The molecular weight excluding hydrogens is 314 g/mol. The van der Waals surface area contributed by atoms with E-state index in [2.05, 4.69) is 10.3 Å². The van der Waals surface area contributed by atoms with E-state index in [9.17, 15) is 8.42 Å². The molecule has 0 saturated heterocycles. The standard InChI is InChI=1S/C16H15N3O3S/c1-12-16(23(20,21)13-8-4-3-5-9-13)17-18-19(12)14-10-6-7-11-15(14)22-2/h3-11H,1-2H3. The van der Waals surface area contributed by atoms with Crippen LogP contribution in [0.5, 0.6) is 5.75 Å². The summed E-state index contributed by atoms with van der Waals surface area (Å²) in [6.07, 6.45) is 0. The minimum absolute atomic E-state index is 0.0605. The monoisotopic (exact) mass is 329 g/mol. The van der Waals surface area contributed by atoms with Gasteiger partial charge in [0.2, 0.25) is 14.9 Å². The largest absolute Gasteiger partial charge is 0.494 e. The Bertz CT molecular complexity index is 934. The van der Waals surface area contributed by atoms with Gasteiger partial charge in [0.25, 0.3) is 0 Å². The van der Waals surface area contributed by atoms with Crippen LogP contribution in [0.3, 0.4) is 0 Å². The fourth-order valence-corrected chi connectivity index (χ4v) is 3.67. The predicted molar refractivity (Wildman–Crippen MR) is 84.5 cm³/mol. The highest BCUT2D eigenvalue weighted by molar-refractivity contribution is 7.91. The van der Waals surface area contributed by atoms with Gasteiger partial charge in [0.1, 0.15) is 11.4 Å². The van der Waals surface area contributed by atoms with Crippen molar-refractivity contribution in [2.75, 3.05) is 7.11 Å². The second kappa shape index (κ2) is 5.85. The summed E-state index contributed by atoms with van der Waals surface area (Å²) in [4.78, 5) is 0.190. The van der Waals surface area contributed by atoms with Crippen LogP contribution in [0.2, 0.25) is 0 Å². The van der Waals surface area contributed by atoms with Crippen LogP contribution in [0.25, 0.3) is 5.69 Å². The van der Waals surface area contributed by atoms with Gasteiger partial charge in [-0.1, -0.05) is 35.5 Å². The number of sulfone groups is 1. The third-order valence-corrected chi connectivity index (χ3v) is 5.25. The molecule has 118 valence electrons. The molecule has 3 aromatic rings. The molecule has 0 aliphatic rings. The molecule has 0 spiro atoms. The molecule has 0 aliphatic carbocycles. The molecule has 0 aliphatic heterocycles. The SMILES string of the molecule is COc1ccccc1-n1nnc(S(=O)(=O)c2ccccc2)c1C.